The van der Waals surface area contributed by atoms with Crippen LogP contribution in [0.15, 0.2) is 60.8 Å². The van der Waals surface area contributed by atoms with Crippen LogP contribution in [0.4, 0.5) is 5.82 Å². The maximum absolute atomic E-state index is 4.47. The summed E-state index contributed by atoms with van der Waals surface area (Å²) >= 11 is 0. The molecule has 20 heavy (non-hydrogen) atoms. The number of pyridine rings is 1. The molecule has 0 aliphatic heterocycles. The molecule has 0 bridgehead atoms. The number of rotatable bonds is 4. The van der Waals surface area contributed by atoms with Crippen molar-refractivity contribution in [2.75, 3.05) is 5.32 Å². The highest BCUT2D eigenvalue weighted by Crippen LogP contribution is 2.21. The van der Waals surface area contributed by atoms with Gasteiger partial charge < -0.3 is 5.32 Å². The Morgan fingerprint density at radius 3 is 2.50 bits per heavy atom. The minimum absolute atomic E-state index is 0.811. The number of fused-ring (bicyclic) bond motifs is 1. The minimum Gasteiger partial charge on any atom is -0.365 e. The molecule has 0 saturated heterocycles. The van der Waals surface area contributed by atoms with Crippen LogP contribution < -0.4 is 5.32 Å². The highest BCUT2D eigenvalue weighted by atomic mass is 15.0. The molecule has 0 unspecified atom stereocenters. The van der Waals surface area contributed by atoms with E-state index in [0.717, 1.165) is 18.8 Å². The quantitative estimate of drug-likeness (QED) is 0.753. The van der Waals surface area contributed by atoms with Crippen molar-refractivity contribution in [3.8, 4) is 0 Å². The number of anilines is 1. The van der Waals surface area contributed by atoms with Crippen molar-refractivity contribution in [1.82, 2.24) is 4.98 Å². The van der Waals surface area contributed by atoms with E-state index in [1.165, 1.54) is 21.9 Å². The second kappa shape index (κ2) is 5.74. The maximum atomic E-state index is 4.47. The van der Waals surface area contributed by atoms with Crippen LogP contribution in [0.5, 0.6) is 0 Å². The van der Waals surface area contributed by atoms with Gasteiger partial charge in [-0.25, -0.2) is 4.98 Å². The Labute approximate surface area is 119 Å². The second-order valence-electron chi connectivity index (χ2n) is 4.86. The van der Waals surface area contributed by atoms with Crippen LogP contribution in [0.3, 0.4) is 0 Å². The van der Waals surface area contributed by atoms with E-state index in [2.05, 4.69) is 65.8 Å². The summed E-state index contributed by atoms with van der Waals surface area (Å²) in [7, 11) is 0. The first-order valence-corrected chi connectivity index (χ1v) is 7.03. The van der Waals surface area contributed by atoms with Gasteiger partial charge in [0.2, 0.25) is 0 Å². The predicted octanol–water partition coefficient (Wildman–Crippen LogP) is 4.41. The summed E-state index contributed by atoms with van der Waals surface area (Å²) in [5.74, 6) is 0.953. The Kier molecular flexibility index (Phi) is 3.64. The molecule has 0 saturated carbocycles. The van der Waals surface area contributed by atoms with Gasteiger partial charge in [0.25, 0.3) is 0 Å². The van der Waals surface area contributed by atoms with Gasteiger partial charge >= 0.3 is 0 Å². The van der Waals surface area contributed by atoms with Crippen LogP contribution in [-0.4, -0.2) is 4.98 Å². The molecule has 0 spiro atoms. The van der Waals surface area contributed by atoms with Gasteiger partial charge in [-0.15, -0.1) is 0 Å². The van der Waals surface area contributed by atoms with Crippen molar-refractivity contribution in [2.45, 2.75) is 19.9 Å². The van der Waals surface area contributed by atoms with E-state index in [1.54, 1.807) is 0 Å². The third-order valence-electron chi connectivity index (χ3n) is 3.62. The second-order valence-corrected chi connectivity index (χ2v) is 4.86. The van der Waals surface area contributed by atoms with Gasteiger partial charge in [0.1, 0.15) is 5.82 Å². The Hall–Kier alpha value is -2.35. The van der Waals surface area contributed by atoms with Crippen molar-refractivity contribution in [2.24, 2.45) is 0 Å². The molecule has 100 valence electrons. The van der Waals surface area contributed by atoms with Crippen LogP contribution in [0.1, 0.15) is 18.1 Å². The zero-order valence-corrected chi connectivity index (χ0v) is 11.6. The van der Waals surface area contributed by atoms with Gasteiger partial charge in [0.05, 0.1) is 0 Å². The first kappa shape index (κ1) is 12.7. The van der Waals surface area contributed by atoms with Crippen molar-refractivity contribution in [3.63, 3.8) is 0 Å². The lowest BCUT2D eigenvalue weighted by Crippen LogP contribution is -2.04. The Morgan fingerprint density at radius 2 is 1.65 bits per heavy atom. The molecule has 3 aromatic rings. The zero-order valence-electron chi connectivity index (χ0n) is 11.6. The summed E-state index contributed by atoms with van der Waals surface area (Å²) in [6, 6.07) is 18.9. The third kappa shape index (κ3) is 2.50. The maximum Gasteiger partial charge on any atom is 0.134 e. The summed E-state index contributed by atoms with van der Waals surface area (Å²) in [4.78, 5) is 4.47. The SMILES string of the molecule is CCc1ccccc1CNc1nccc2ccccc12. The van der Waals surface area contributed by atoms with E-state index in [4.69, 9.17) is 0 Å². The largest absolute Gasteiger partial charge is 0.365 e. The monoisotopic (exact) mass is 262 g/mol. The molecule has 0 aliphatic rings. The first-order valence-electron chi connectivity index (χ1n) is 7.03. The normalized spacial score (nSPS) is 10.7. The fourth-order valence-corrected chi connectivity index (χ4v) is 2.51. The van der Waals surface area contributed by atoms with E-state index >= 15 is 0 Å². The van der Waals surface area contributed by atoms with Gasteiger partial charge in [-0.3, -0.25) is 0 Å². The summed E-state index contributed by atoms with van der Waals surface area (Å²) in [6.45, 7) is 3.00. The topological polar surface area (TPSA) is 24.9 Å². The summed E-state index contributed by atoms with van der Waals surface area (Å²) in [6.07, 6.45) is 2.91. The molecule has 0 radical (unpaired) electrons. The molecule has 0 amide bonds. The first-order chi connectivity index (χ1) is 9.88. The molecular formula is C18H18N2. The van der Waals surface area contributed by atoms with Crippen molar-refractivity contribution in [3.05, 3.63) is 71.9 Å². The van der Waals surface area contributed by atoms with Crippen LogP contribution in [0.2, 0.25) is 0 Å². The molecule has 2 nitrogen and oxygen atoms in total. The molecule has 1 N–H and O–H groups in total. The Morgan fingerprint density at radius 1 is 0.900 bits per heavy atom. The molecular weight excluding hydrogens is 244 g/mol. The molecule has 1 aromatic heterocycles. The fraction of sp³-hybridized carbons (Fsp3) is 0.167. The highest BCUT2D eigenvalue weighted by Gasteiger charge is 2.03. The Bertz CT molecular complexity index is 714. The number of hydrogen-bond donors (Lipinski definition) is 1. The van der Waals surface area contributed by atoms with E-state index < -0.39 is 0 Å². The number of benzene rings is 2. The summed E-state index contributed by atoms with van der Waals surface area (Å²) in [5, 5.41) is 5.85. The zero-order chi connectivity index (χ0) is 13.8. The molecule has 1 heterocycles. The lowest BCUT2D eigenvalue weighted by Gasteiger charge is -2.11. The van der Waals surface area contributed by atoms with E-state index in [9.17, 15) is 0 Å². The van der Waals surface area contributed by atoms with Crippen molar-refractivity contribution in [1.29, 1.82) is 0 Å². The standard InChI is InChI=1S/C18H18N2/c1-2-14-7-3-4-9-16(14)13-20-18-17-10-6-5-8-15(17)11-12-19-18/h3-12H,2,13H2,1H3,(H,19,20). The Balaban J connectivity index is 1.87. The van der Waals surface area contributed by atoms with Crippen molar-refractivity contribution < 1.29 is 0 Å². The van der Waals surface area contributed by atoms with Gasteiger partial charge in [-0.2, -0.15) is 0 Å². The van der Waals surface area contributed by atoms with E-state index in [0.29, 0.717) is 0 Å². The molecule has 0 atom stereocenters. The number of aryl methyl sites for hydroxylation is 1. The van der Waals surface area contributed by atoms with E-state index in [1.807, 2.05) is 12.3 Å². The highest BCUT2D eigenvalue weighted by molar-refractivity contribution is 5.91. The number of nitrogens with one attached hydrogen (secondary N) is 1. The average molecular weight is 262 g/mol. The number of aromatic nitrogens is 1. The predicted molar refractivity (Wildman–Crippen MR) is 84.9 cm³/mol. The number of hydrogen-bond acceptors (Lipinski definition) is 2. The van der Waals surface area contributed by atoms with Crippen LogP contribution in [-0.2, 0) is 13.0 Å². The smallest absolute Gasteiger partial charge is 0.134 e. The lowest BCUT2D eigenvalue weighted by atomic mass is 10.1. The molecule has 2 heteroatoms. The van der Waals surface area contributed by atoms with Gasteiger partial charge in [-0.05, 0) is 29.0 Å². The summed E-state index contributed by atoms with van der Waals surface area (Å²) in [5.41, 5.74) is 2.73. The number of nitrogens with zero attached hydrogens (tertiary/aromatic N) is 1. The molecule has 2 aromatic carbocycles. The van der Waals surface area contributed by atoms with Gasteiger partial charge in [0.15, 0.2) is 0 Å². The lowest BCUT2D eigenvalue weighted by molar-refractivity contribution is 1.04. The van der Waals surface area contributed by atoms with Crippen LogP contribution in [0.25, 0.3) is 10.8 Å². The summed E-state index contributed by atoms with van der Waals surface area (Å²) < 4.78 is 0. The van der Waals surface area contributed by atoms with Crippen LogP contribution in [0, 0.1) is 0 Å². The minimum atomic E-state index is 0.811. The van der Waals surface area contributed by atoms with Gasteiger partial charge in [0, 0.05) is 18.1 Å². The van der Waals surface area contributed by atoms with Gasteiger partial charge in [-0.1, -0.05) is 55.5 Å². The average Bonchev–Trinajstić information content (AvgIpc) is 2.53. The van der Waals surface area contributed by atoms with E-state index in [-0.39, 0.29) is 0 Å². The van der Waals surface area contributed by atoms with Crippen LogP contribution >= 0.6 is 0 Å². The molecule has 0 fully saturated rings. The van der Waals surface area contributed by atoms with Crippen molar-refractivity contribution >= 4 is 16.6 Å². The molecule has 3 rings (SSSR count). The third-order valence-corrected chi connectivity index (χ3v) is 3.62. The molecule has 0 aliphatic carbocycles. The fourth-order valence-electron chi connectivity index (χ4n) is 2.51.